The molecule has 0 saturated carbocycles. The van der Waals surface area contributed by atoms with Gasteiger partial charge in [0.1, 0.15) is 0 Å². The normalized spacial score (nSPS) is 15.9. The van der Waals surface area contributed by atoms with Crippen LogP contribution in [-0.2, 0) is 31.8 Å². The van der Waals surface area contributed by atoms with E-state index in [0.29, 0.717) is 7.35 Å². The first-order chi connectivity index (χ1) is 24.3. The van der Waals surface area contributed by atoms with Crippen molar-refractivity contribution in [2.45, 2.75) is 93.3 Å². The average Bonchev–Trinajstić information content (AvgIpc) is 3.67. The van der Waals surface area contributed by atoms with Crippen molar-refractivity contribution >= 4 is 15.9 Å². The first-order valence-electron chi connectivity index (χ1n) is 18.8. The summed E-state index contributed by atoms with van der Waals surface area (Å²) in [5, 5.41) is 7.00. The fourth-order valence-corrected chi connectivity index (χ4v) is 20.8. The zero-order chi connectivity index (χ0) is 37.5. The molecule has 2 nitrogen and oxygen atoms in total. The molecule has 51 heavy (non-hydrogen) atoms. The van der Waals surface area contributed by atoms with E-state index in [1.807, 2.05) is 0 Å². The van der Waals surface area contributed by atoms with E-state index in [1.54, 1.807) is 50.5 Å². The molecule has 268 valence electrons. The third kappa shape index (κ3) is 8.98. The number of allylic oxidation sites excluding steroid dienone is 2. The van der Waals surface area contributed by atoms with Crippen molar-refractivity contribution in [2.75, 3.05) is 28.2 Å². The minimum atomic E-state index is -2.50. The Kier molecular flexibility index (Phi) is 14.2. The molecule has 0 radical (unpaired) electrons. The molecule has 3 heteroatoms. The van der Waals surface area contributed by atoms with Gasteiger partial charge >= 0.3 is 282 Å². The van der Waals surface area contributed by atoms with Crippen LogP contribution in [0.2, 0.25) is 0 Å². The zero-order valence-electron chi connectivity index (χ0n) is 33.8. The van der Waals surface area contributed by atoms with Gasteiger partial charge in [-0.15, -0.1) is 0 Å². The molecular formula is C48H62HfN2. The maximum atomic E-state index is 3.50. The zero-order valence-corrected chi connectivity index (χ0v) is 37.4. The van der Waals surface area contributed by atoms with Gasteiger partial charge in [0.15, 0.2) is 0 Å². The molecule has 0 fully saturated rings. The van der Waals surface area contributed by atoms with E-state index >= 15 is 0 Å². The molecule has 4 aromatic carbocycles. The summed E-state index contributed by atoms with van der Waals surface area (Å²) in [6, 6.07) is 32.9. The van der Waals surface area contributed by atoms with Crippen molar-refractivity contribution in [2.24, 2.45) is 0 Å². The Balaban J connectivity index is 0.000000909. The molecule has 6 rings (SSSR count). The van der Waals surface area contributed by atoms with E-state index in [4.69, 9.17) is 0 Å². The summed E-state index contributed by atoms with van der Waals surface area (Å²) in [6.45, 7) is 20.9. The Morgan fingerprint density at radius 1 is 0.549 bits per heavy atom. The summed E-state index contributed by atoms with van der Waals surface area (Å²) in [7, 11) is 7.00. The van der Waals surface area contributed by atoms with Crippen molar-refractivity contribution in [3.05, 3.63) is 140 Å². The number of hydrogen-bond acceptors (Lipinski definition) is 0. The predicted octanol–water partition coefficient (Wildman–Crippen LogP) is 13.7. The quantitative estimate of drug-likeness (QED) is 0.173. The van der Waals surface area contributed by atoms with Crippen molar-refractivity contribution in [3.63, 3.8) is 0 Å². The molecule has 0 N–H and O–H groups in total. The van der Waals surface area contributed by atoms with Crippen molar-refractivity contribution < 1.29 is 21.0 Å². The average molecular weight is 846 g/mol. The minimum absolute atomic E-state index is 0.161. The van der Waals surface area contributed by atoms with Crippen LogP contribution in [0.1, 0.15) is 116 Å². The monoisotopic (exact) mass is 846 g/mol. The van der Waals surface area contributed by atoms with E-state index in [-0.39, 0.29) is 10.8 Å². The molecule has 0 saturated heterocycles. The van der Waals surface area contributed by atoms with Crippen LogP contribution in [0.3, 0.4) is 0 Å². The van der Waals surface area contributed by atoms with E-state index in [9.17, 15) is 0 Å². The molecule has 0 bridgehead atoms. The molecule has 2 aliphatic carbocycles. The second kappa shape index (κ2) is 17.7. The largest absolute Gasteiger partial charge is 0.668 e. The number of fused-ring (bicyclic) bond motifs is 2. The summed E-state index contributed by atoms with van der Waals surface area (Å²) in [5.74, 6) is 0. The van der Waals surface area contributed by atoms with Crippen LogP contribution in [0.15, 0.2) is 96.1 Å². The van der Waals surface area contributed by atoms with Crippen LogP contribution in [0, 0.1) is 0 Å². The predicted molar refractivity (Wildman–Crippen MR) is 225 cm³/mol. The van der Waals surface area contributed by atoms with Gasteiger partial charge in [-0.05, 0) is 0 Å². The molecule has 0 amide bonds. The van der Waals surface area contributed by atoms with Gasteiger partial charge in [0.2, 0.25) is 0 Å². The fourth-order valence-electron chi connectivity index (χ4n) is 7.63. The van der Waals surface area contributed by atoms with E-state index < -0.39 is 21.0 Å². The third-order valence-electron chi connectivity index (χ3n) is 10.2. The van der Waals surface area contributed by atoms with Crippen LogP contribution in [0.25, 0.3) is 45.0 Å². The molecule has 2 unspecified atom stereocenters. The molecule has 2 aliphatic rings. The Hall–Kier alpha value is -2.98. The van der Waals surface area contributed by atoms with Crippen molar-refractivity contribution in [1.82, 2.24) is 0 Å². The third-order valence-corrected chi connectivity index (χ3v) is 22.3. The van der Waals surface area contributed by atoms with Gasteiger partial charge in [-0.1, -0.05) is 0 Å². The Morgan fingerprint density at radius 2 is 0.882 bits per heavy atom. The SMILES string of the molecule is C[CH]=[Hf+2]([CH]1C(CC)=Cc2c(-c3ccc(C(C)(C)C)cc3)cccc21)[CH]1C(CC)=Cc2c(-c3ccc(C(C)(C)C)cc3)cccc21.C[N-]C.C[N-]C. The molecule has 0 spiro atoms. The second-order valence-electron chi connectivity index (χ2n) is 16.0. The molecule has 0 aliphatic heterocycles. The van der Waals surface area contributed by atoms with Crippen LogP contribution < -0.4 is 0 Å². The molecule has 2 atom stereocenters. The summed E-state index contributed by atoms with van der Waals surface area (Å²) >= 11 is -2.50. The summed E-state index contributed by atoms with van der Waals surface area (Å²) in [6.07, 6.45) is 7.41. The topological polar surface area (TPSA) is 28.2 Å². The van der Waals surface area contributed by atoms with Crippen LogP contribution in [0.5, 0.6) is 0 Å². The second-order valence-corrected chi connectivity index (χ2v) is 25.8. The van der Waals surface area contributed by atoms with Crippen molar-refractivity contribution in [3.8, 4) is 22.3 Å². The molecular weight excluding hydrogens is 783 g/mol. The number of hydrogen-bond donors (Lipinski definition) is 0. The standard InChI is InChI=1S/2C21H23.2C2H6N.C2H4.Hf/c2*1-5-15-13-17-7-6-8-19(20(17)14-15)16-9-11-18(12-10-16)21(2,3)4;2*1-3-2;1-2;/h2*6-14H,5H2,1-4H3;2*1-2H3;1H,2H3;/q;;2*-1;;+2. The van der Waals surface area contributed by atoms with E-state index in [0.717, 1.165) is 12.8 Å². The summed E-state index contributed by atoms with van der Waals surface area (Å²) < 4.78 is 3.91. The van der Waals surface area contributed by atoms with Gasteiger partial charge < -0.3 is 10.6 Å². The summed E-state index contributed by atoms with van der Waals surface area (Å²) in [5.41, 5.74) is 18.0. The Morgan fingerprint density at radius 3 is 1.16 bits per heavy atom. The van der Waals surface area contributed by atoms with E-state index in [1.165, 1.54) is 44.5 Å². The van der Waals surface area contributed by atoms with Crippen LogP contribution >= 0.6 is 0 Å². The smallest absolute Gasteiger partial charge is 0.162 e. The van der Waals surface area contributed by atoms with Gasteiger partial charge in [-0.3, -0.25) is 0 Å². The van der Waals surface area contributed by atoms with Gasteiger partial charge in [0.25, 0.3) is 0 Å². The molecule has 4 aromatic rings. The van der Waals surface area contributed by atoms with Gasteiger partial charge in [0.05, 0.1) is 0 Å². The minimum Gasteiger partial charge on any atom is -0.668 e. The maximum Gasteiger partial charge on any atom is -0.162 e. The van der Waals surface area contributed by atoms with Crippen LogP contribution in [-0.4, -0.2) is 31.9 Å². The first-order valence-corrected chi connectivity index (χ1v) is 25.0. The number of benzene rings is 4. The number of nitrogens with zero attached hydrogens (tertiary/aromatic N) is 2. The Labute approximate surface area is 318 Å². The molecule has 0 aromatic heterocycles. The van der Waals surface area contributed by atoms with Gasteiger partial charge in [-0.25, -0.2) is 0 Å². The summed E-state index contributed by atoms with van der Waals surface area (Å²) in [4.78, 5) is 0. The first kappa shape index (κ1) is 40.8. The van der Waals surface area contributed by atoms with Gasteiger partial charge in [-0.2, -0.15) is 28.2 Å². The Bertz CT molecular complexity index is 1720. The number of rotatable bonds is 6. The van der Waals surface area contributed by atoms with Crippen LogP contribution in [0.4, 0.5) is 0 Å². The van der Waals surface area contributed by atoms with Gasteiger partial charge in [0, 0.05) is 0 Å². The fraction of sp³-hybridized carbons (Fsp3) is 0.396. The van der Waals surface area contributed by atoms with Crippen molar-refractivity contribution in [1.29, 1.82) is 0 Å². The molecule has 0 heterocycles. The maximum absolute atomic E-state index is 3.50. The van der Waals surface area contributed by atoms with E-state index in [2.05, 4.69) is 174 Å².